The predicted molar refractivity (Wildman–Crippen MR) is 49.2 cm³/mol. The van der Waals surface area contributed by atoms with Gasteiger partial charge in [0, 0.05) is 0 Å². The van der Waals surface area contributed by atoms with E-state index in [2.05, 4.69) is 5.32 Å². The van der Waals surface area contributed by atoms with Crippen LogP contribution < -0.4 is 5.32 Å². The lowest BCUT2D eigenvalue weighted by Crippen LogP contribution is -2.37. The molecule has 0 aromatic heterocycles. The molecule has 2 atom stereocenters. The van der Waals surface area contributed by atoms with Gasteiger partial charge in [-0.05, 0) is 26.3 Å². The molecular formula is C9H18FNO2. The Morgan fingerprint density at radius 2 is 2.23 bits per heavy atom. The van der Waals surface area contributed by atoms with Crippen LogP contribution in [0.5, 0.6) is 0 Å². The van der Waals surface area contributed by atoms with E-state index < -0.39 is 6.67 Å². The smallest absolute Gasteiger partial charge is 0.323 e. The SMILES string of the molecule is CCOC(=O)C(CC(C)CF)NC. The lowest BCUT2D eigenvalue weighted by Gasteiger charge is -2.16. The van der Waals surface area contributed by atoms with Gasteiger partial charge < -0.3 is 10.1 Å². The Morgan fingerprint density at radius 3 is 2.62 bits per heavy atom. The van der Waals surface area contributed by atoms with Gasteiger partial charge in [0.1, 0.15) is 6.04 Å². The summed E-state index contributed by atoms with van der Waals surface area (Å²) in [5.74, 6) is -0.410. The van der Waals surface area contributed by atoms with Gasteiger partial charge in [-0.1, -0.05) is 6.92 Å². The lowest BCUT2D eigenvalue weighted by molar-refractivity contribution is -0.146. The summed E-state index contributed by atoms with van der Waals surface area (Å²) in [4.78, 5) is 11.2. The van der Waals surface area contributed by atoms with Crippen LogP contribution in [-0.2, 0) is 9.53 Å². The second-order valence-electron chi connectivity index (χ2n) is 3.09. The molecule has 2 unspecified atom stereocenters. The zero-order valence-corrected chi connectivity index (χ0v) is 8.47. The normalized spacial score (nSPS) is 15.1. The maximum absolute atomic E-state index is 12.2. The molecule has 0 aromatic carbocycles. The molecule has 13 heavy (non-hydrogen) atoms. The molecule has 0 aromatic rings. The van der Waals surface area contributed by atoms with Crippen LogP contribution in [0.15, 0.2) is 0 Å². The Kier molecular flexibility index (Phi) is 6.49. The molecule has 0 amide bonds. The number of hydrogen-bond acceptors (Lipinski definition) is 3. The third-order valence-electron chi connectivity index (χ3n) is 1.82. The van der Waals surface area contributed by atoms with Crippen LogP contribution in [0.2, 0.25) is 0 Å². The van der Waals surface area contributed by atoms with Gasteiger partial charge in [-0.2, -0.15) is 0 Å². The molecule has 3 nitrogen and oxygen atoms in total. The van der Waals surface area contributed by atoms with Gasteiger partial charge >= 0.3 is 5.97 Å². The Bertz CT molecular complexity index is 153. The highest BCUT2D eigenvalue weighted by Gasteiger charge is 2.19. The number of likely N-dealkylation sites (N-methyl/N-ethyl adjacent to an activating group) is 1. The van der Waals surface area contributed by atoms with E-state index in [9.17, 15) is 9.18 Å². The van der Waals surface area contributed by atoms with Crippen molar-refractivity contribution in [1.29, 1.82) is 0 Å². The quantitative estimate of drug-likeness (QED) is 0.640. The summed E-state index contributed by atoms with van der Waals surface area (Å²) >= 11 is 0. The molecule has 78 valence electrons. The maximum atomic E-state index is 12.2. The van der Waals surface area contributed by atoms with Crippen molar-refractivity contribution >= 4 is 5.97 Å². The second kappa shape index (κ2) is 6.83. The number of halogens is 1. The fourth-order valence-corrected chi connectivity index (χ4v) is 1.04. The van der Waals surface area contributed by atoms with Gasteiger partial charge in [0.2, 0.25) is 0 Å². The van der Waals surface area contributed by atoms with Crippen LogP contribution in [0.3, 0.4) is 0 Å². The Morgan fingerprint density at radius 1 is 1.62 bits per heavy atom. The zero-order chi connectivity index (χ0) is 10.3. The summed E-state index contributed by atoms with van der Waals surface area (Å²) in [5.41, 5.74) is 0. The fraction of sp³-hybridized carbons (Fsp3) is 0.889. The third-order valence-corrected chi connectivity index (χ3v) is 1.82. The van der Waals surface area contributed by atoms with Gasteiger partial charge in [0.05, 0.1) is 13.3 Å². The highest BCUT2D eigenvalue weighted by molar-refractivity contribution is 5.75. The first kappa shape index (κ1) is 12.4. The first-order chi connectivity index (χ1) is 6.15. The van der Waals surface area contributed by atoms with E-state index in [-0.39, 0.29) is 17.9 Å². The molecule has 0 fully saturated rings. The van der Waals surface area contributed by atoms with Crippen LogP contribution in [0.1, 0.15) is 20.3 Å². The van der Waals surface area contributed by atoms with Crippen LogP contribution in [0.25, 0.3) is 0 Å². The highest BCUT2D eigenvalue weighted by atomic mass is 19.1. The van der Waals surface area contributed by atoms with Crippen LogP contribution >= 0.6 is 0 Å². The number of ether oxygens (including phenoxy) is 1. The molecule has 0 saturated heterocycles. The molecule has 0 saturated carbocycles. The van der Waals surface area contributed by atoms with Crippen molar-refractivity contribution in [3.63, 3.8) is 0 Å². The van der Waals surface area contributed by atoms with Gasteiger partial charge in [-0.15, -0.1) is 0 Å². The Hall–Kier alpha value is -0.640. The van der Waals surface area contributed by atoms with Crippen molar-refractivity contribution in [1.82, 2.24) is 5.32 Å². The highest BCUT2D eigenvalue weighted by Crippen LogP contribution is 2.07. The van der Waals surface area contributed by atoms with E-state index in [1.54, 1.807) is 20.9 Å². The first-order valence-corrected chi connectivity index (χ1v) is 4.55. The van der Waals surface area contributed by atoms with Crippen LogP contribution in [0.4, 0.5) is 4.39 Å². The zero-order valence-electron chi connectivity index (χ0n) is 8.47. The van der Waals surface area contributed by atoms with Crippen LogP contribution in [-0.4, -0.2) is 32.3 Å². The predicted octanol–water partition coefficient (Wildman–Crippen LogP) is 1.13. The number of nitrogens with one attached hydrogen (secondary N) is 1. The average Bonchev–Trinajstić information content (AvgIpc) is 2.14. The van der Waals surface area contributed by atoms with Gasteiger partial charge in [-0.25, -0.2) is 0 Å². The van der Waals surface area contributed by atoms with E-state index >= 15 is 0 Å². The van der Waals surface area contributed by atoms with Crippen molar-refractivity contribution in [3.8, 4) is 0 Å². The second-order valence-corrected chi connectivity index (χ2v) is 3.09. The number of hydrogen-bond donors (Lipinski definition) is 1. The van der Waals surface area contributed by atoms with Crippen molar-refractivity contribution in [2.45, 2.75) is 26.3 Å². The molecule has 0 heterocycles. The van der Waals surface area contributed by atoms with Gasteiger partial charge in [-0.3, -0.25) is 9.18 Å². The van der Waals surface area contributed by atoms with E-state index in [0.717, 1.165) is 0 Å². The monoisotopic (exact) mass is 191 g/mol. The minimum atomic E-state index is -0.405. The van der Waals surface area contributed by atoms with Gasteiger partial charge in [0.25, 0.3) is 0 Å². The first-order valence-electron chi connectivity index (χ1n) is 4.55. The number of carbonyl (C=O) groups is 1. The van der Waals surface area contributed by atoms with Crippen LogP contribution in [0, 0.1) is 5.92 Å². The van der Waals surface area contributed by atoms with Crippen molar-refractivity contribution < 1.29 is 13.9 Å². The molecule has 0 rings (SSSR count). The molecular weight excluding hydrogens is 173 g/mol. The van der Waals surface area contributed by atoms with E-state index in [0.29, 0.717) is 13.0 Å². The molecule has 0 radical (unpaired) electrons. The summed E-state index contributed by atoms with van der Waals surface area (Å²) in [6, 6.07) is -0.384. The standard InChI is InChI=1S/C9H18FNO2/c1-4-13-9(12)8(11-3)5-7(2)6-10/h7-8,11H,4-6H2,1-3H3. The molecule has 0 aliphatic heterocycles. The molecule has 0 aliphatic rings. The fourth-order valence-electron chi connectivity index (χ4n) is 1.04. The van der Waals surface area contributed by atoms with Crippen molar-refractivity contribution in [2.24, 2.45) is 5.92 Å². The lowest BCUT2D eigenvalue weighted by atomic mass is 10.0. The van der Waals surface area contributed by atoms with E-state index in [1.165, 1.54) is 0 Å². The van der Waals surface area contributed by atoms with E-state index in [1.807, 2.05) is 0 Å². The molecule has 0 aliphatic carbocycles. The van der Waals surface area contributed by atoms with E-state index in [4.69, 9.17) is 4.74 Å². The number of rotatable bonds is 6. The largest absolute Gasteiger partial charge is 0.465 e. The Balaban J connectivity index is 3.94. The molecule has 0 bridgehead atoms. The molecule has 0 spiro atoms. The average molecular weight is 191 g/mol. The van der Waals surface area contributed by atoms with Crippen molar-refractivity contribution in [2.75, 3.05) is 20.3 Å². The number of esters is 1. The summed E-state index contributed by atoms with van der Waals surface area (Å²) in [6.45, 7) is 3.48. The topological polar surface area (TPSA) is 38.3 Å². The molecule has 4 heteroatoms. The number of carbonyl (C=O) groups excluding carboxylic acids is 1. The summed E-state index contributed by atoms with van der Waals surface area (Å²) in [7, 11) is 1.67. The summed E-state index contributed by atoms with van der Waals surface area (Å²) in [5, 5.41) is 2.81. The third kappa shape index (κ3) is 4.83. The number of alkyl halides is 1. The maximum Gasteiger partial charge on any atom is 0.323 e. The summed E-state index contributed by atoms with van der Waals surface area (Å²) < 4.78 is 17.0. The van der Waals surface area contributed by atoms with Gasteiger partial charge in [0.15, 0.2) is 0 Å². The minimum absolute atomic E-state index is 0.109. The minimum Gasteiger partial charge on any atom is -0.465 e. The Labute approximate surface area is 78.6 Å². The molecule has 1 N–H and O–H groups in total. The summed E-state index contributed by atoms with van der Waals surface area (Å²) in [6.07, 6.45) is 0.478. The van der Waals surface area contributed by atoms with Crippen molar-refractivity contribution in [3.05, 3.63) is 0 Å².